The van der Waals surface area contributed by atoms with Gasteiger partial charge in [0.2, 0.25) is 5.91 Å². The number of carboxylic acid groups (broad SMARTS) is 2. The molecule has 4 heterocycles. The quantitative estimate of drug-likeness (QED) is 0.173. The molecule has 0 radical (unpaired) electrons. The van der Waals surface area contributed by atoms with Gasteiger partial charge < -0.3 is 30.8 Å². The highest BCUT2D eigenvalue weighted by Crippen LogP contribution is 2.32. The molecule has 2 aromatic heterocycles. The third kappa shape index (κ3) is 6.67. The number of carbonyl (C=O) groups is 4. The molecule has 0 saturated carbocycles. The van der Waals surface area contributed by atoms with Gasteiger partial charge in [-0.2, -0.15) is 12.6 Å². The van der Waals surface area contributed by atoms with E-state index in [1.807, 2.05) is 45.9 Å². The van der Waals surface area contributed by atoms with Crippen LogP contribution in [0.1, 0.15) is 71.7 Å². The third-order valence-electron chi connectivity index (χ3n) is 8.37. The first kappa shape index (κ1) is 32.4. The fraction of sp³-hybridized carbons (Fsp3) is 0.333. The van der Waals surface area contributed by atoms with Crippen LogP contribution >= 0.6 is 12.6 Å². The van der Waals surface area contributed by atoms with Crippen molar-refractivity contribution in [2.24, 2.45) is 5.92 Å². The number of aromatic amines is 2. The lowest BCUT2D eigenvalue weighted by atomic mass is 9.98. The Bertz CT molecular complexity index is 1680. The van der Waals surface area contributed by atoms with Gasteiger partial charge in [-0.3, -0.25) is 19.2 Å². The normalized spacial score (nSPS) is 19.4. The molecule has 0 spiro atoms. The molecule has 2 aliphatic rings. The molecule has 1 saturated heterocycles. The maximum Gasteiger partial charge on any atom is 0.303 e. The highest BCUT2D eigenvalue weighted by atomic mass is 32.1. The molecule has 1 fully saturated rings. The van der Waals surface area contributed by atoms with Crippen molar-refractivity contribution in [1.82, 2.24) is 20.6 Å². The number of carbonyl (C=O) groups excluding carboxylic acids is 2. The second-order valence-corrected chi connectivity index (χ2v) is 11.4. The van der Waals surface area contributed by atoms with Gasteiger partial charge >= 0.3 is 11.9 Å². The highest BCUT2D eigenvalue weighted by Gasteiger charge is 2.30. The number of aliphatic carboxylic acids is 2. The first-order valence-electron chi connectivity index (χ1n) is 14.4. The second-order valence-electron chi connectivity index (χ2n) is 11.1. The fourth-order valence-corrected chi connectivity index (χ4v) is 6.02. The van der Waals surface area contributed by atoms with Crippen LogP contribution in [0.25, 0.3) is 12.2 Å². The number of rotatable bonds is 12. The molecule has 232 valence electrons. The van der Waals surface area contributed by atoms with Gasteiger partial charge in [0.05, 0.1) is 5.92 Å². The summed E-state index contributed by atoms with van der Waals surface area (Å²) in [4.78, 5) is 54.8. The second kappa shape index (κ2) is 13.4. The predicted molar refractivity (Wildman–Crippen MR) is 172 cm³/mol. The number of hydrogen-bond donors (Lipinski definition) is 7. The number of amides is 2. The van der Waals surface area contributed by atoms with Crippen LogP contribution in [0.5, 0.6) is 0 Å². The Kier molecular flexibility index (Phi) is 9.88. The maximum absolute atomic E-state index is 12.4. The summed E-state index contributed by atoms with van der Waals surface area (Å²) >= 11 is 4.30. The Morgan fingerprint density at radius 2 is 1.41 bits per heavy atom. The molecule has 1 atom stereocenters. The molecule has 0 unspecified atom stereocenters. The maximum atomic E-state index is 12.4. The van der Waals surface area contributed by atoms with Crippen LogP contribution in [0.15, 0.2) is 46.8 Å². The van der Waals surface area contributed by atoms with E-state index in [-0.39, 0.29) is 37.0 Å². The van der Waals surface area contributed by atoms with Crippen molar-refractivity contribution >= 4 is 48.5 Å². The Labute approximate surface area is 261 Å². The molecular formula is C33H38N4O6S. The smallest absolute Gasteiger partial charge is 0.303 e. The molecule has 0 aromatic carbocycles. The van der Waals surface area contributed by atoms with Gasteiger partial charge in [0.25, 0.3) is 5.91 Å². The number of hydrogen-bond acceptors (Lipinski definition) is 5. The average Bonchev–Trinajstić information content (AvgIpc) is 3.60. The zero-order valence-electron chi connectivity index (χ0n) is 25.3. The van der Waals surface area contributed by atoms with E-state index >= 15 is 0 Å². The van der Waals surface area contributed by atoms with E-state index in [0.29, 0.717) is 35.6 Å². The van der Waals surface area contributed by atoms with Gasteiger partial charge in [-0.15, -0.1) is 0 Å². The average molecular weight is 619 g/mol. The van der Waals surface area contributed by atoms with E-state index < -0.39 is 11.9 Å². The molecule has 2 amide bonds. The van der Waals surface area contributed by atoms with Crippen molar-refractivity contribution in [1.29, 1.82) is 0 Å². The van der Waals surface area contributed by atoms with Gasteiger partial charge in [0, 0.05) is 64.8 Å². The zero-order chi connectivity index (χ0) is 32.3. The van der Waals surface area contributed by atoms with Crippen molar-refractivity contribution in [2.75, 3.05) is 5.75 Å². The largest absolute Gasteiger partial charge is 0.481 e. The molecule has 6 N–H and O–H groups in total. The minimum absolute atomic E-state index is 0.0653. The van der Waals surface area contributed by atoms with Crippen LogP contribution < -0.4 is 10.6 Å². The summed E-state index contributed by atoms with van der Waals surface area (Å²) in [7, 11) is 0. The van der Waals surface area contributed by atoms with E-state index in [9.17, 15) is 29.4 Å². The van der Waals surface area contributed by atoms with Crippen LogP contribution in [0, 0.1) is 19.8 Å². The Balaban J connectivity index is 1.80. The minimum atomic E-state index is -0.918. The van der Waals surface area contributed by atoms with Crippen molar-refractivity contribution in [3.63, 3.8) is 0 Å². The van der Waals surface area contributed by atoms with Crippen LogP contribution in [-0.4, -0.2) is 49.7 Å². The monoisotopic (exact) mass is 618 g/mol. The number of H-pyrrole nitrogens is 2. The third-order valence-corrected chi connectivity index (χ3v) is 8.55. The van der Waals surface area contributed by atoms with Crippen LogP contribution in [0.4, 0.5) is 0 Å². The lowest BCUT2D eigenvalue weighted by molar-refractivity contribution is -0.138. The number of carboxylic acids is 2. The van der Waals surface area contributed by atoms with E-state index in [0.717, 1.165) is 56.2 Å². The molecule has 11 heteroatoms. The fourth-order valence-electron chi connectivity index (χ4n) is 5.82. The lowest BCUT2D eigenvalue weighted by Crippen LogP contribution is -2.16. The molecule has 0 aliphatic carbocycles. The van der Waals surface area contributed by atoms with Gasteiger partial charge in [-0.05, 0) is 86.1 Å². The summed E-state index contributed by atoms with van der Waals surface area (Å²) < 4.78 is 0. The van der Waals surface area contributed by atoms with Gasteiger partial charge in [-0.25, -0.2) is 0 Å². The molecule has 4 rings (SSSR count). The predicted octanol–water partition coefficient (Wildman–Crippen LogP) is 4.52. The van der Waals surface area contributed by atoms with Crippen molar-refractivity contribution in [2.45, 2.75) is 59.8 Å². The first-order valence-corrected chi connectivity index (χ1v) is 15.0. The molecule has 2 aromatic rings. The van der Waals surface area contributed by atoms with E-state index in [4.69, 9.17) is 0 Å². The number of allylic oxidation sites excluding steroid dienone is 2. The molecule has 10 nitrogen and oxygen atoms in total. The van der Waals surface area contributed by atoms with Gasteiger partial charge in [0.1, 0.15) is 0 Å². The minimum Gasteiger partial charge on any atom is -0.481 e. The summed E-state index contributed by atoms with van der Waals surface area (Å²) in [5.74, 6) is -2.01. The van der Waals surface area contributed by atoms with Crippen LogP contribution in [0.3, 0.4) is 0 Å². The van der Waals surface area contributed by atoms with Crippen LogP contribution in [-0.2, 0) is 38.4 Å². The Morgan fingerprint density at radius 3 is 1.86 bits per heavy atom. The summed E-state index contributed by atoms with van der Waals surface area (Å²) in [6.07, 6.45) is 7.94. The van der Waals surface area contributed by atoms with Gasteiger partial charge in [0.15, 0.2) is 0 Å². The topological polar surface area (TPSA) is 164 Å². The molecule has 0 bridgehead atoms. The Morgan fingerprint density at radius 1 is 0.886 bits per heavy atom. The summed E-state index contributed by atoms with van der Waals surface area (Å²) in [5, 5.41) is 24.7. The SMILES string of the molecule is C=CC1=C(C)/C(=C\c2[nH]c(Cc3[nH]c(/C=C4\NC(=O)[C@H](C)\C4=C/CS)c(C)c3CCC(=O)O)c(CCC(=O)O)c2C)NC1=O. The standard InChI is InChI=1S/C33H38N4O6S/c1-6-20-16(2)26(36-33(20)43)13-24-17(3)21(7-9-30(38)39)27(34-24)15-28-22(8-10-31(40)41)18(4)25(35-28)14-29-23(11-12-44)19(5)32(42)37-29/h6,11,13-14,19,34-35,44H,1,7-10,12,15H2,2-5H3,(H,36,43)(H,37,42)(H,38,39)(H,40,41)/b23-11+,26-13+,29-14-/t19-/m1/s1. The number of nitrogens with one attached hydrogen (secondary N) is 4. The van der Waals surface area contributed by atoms with E-state index in [1.165, 1.54) is 6.08 Å². The van der Waals surface area contributed by atoms with Gasteiger partial charge in [-0.1, -0.05) is 18.7 Å². The molecule has 44 heavy (non-hydrogen) atoms. The summed E-state index contributed by atoms with van der Waals surface area (Å²) in [6.45, 7) is 11.2. The number of thiol groups is 1. The summed E-state index contributed by atoms with van der Waals surface area (Å²) in [6, 6.07) is 0. The van der Waals surface area contributed by atoms with Crippen molar-refractivity contribution in [3.8, 4) is 0 Å². The van der Waals surface area contributed by atoms with Crippen molar-refractivity contribution in [3.05, 3.63) is 91.9 Å². The van der Waals surface area contributed by atoms with E-state index in [1.54, 1.807) is 0 Å². The first-order chi connectivity index (χ1) is 20.9. The Hall–Kier alpha value is -4.51. The lowest BCUT2D eigenvalue weighted by Gasteiger charge is -2.07. The van der Waals surface area contributed by atoms with E-state index in [2.05, 4.69) is 39.8 Å². The summed E-state index contributed by atoms with van der Waals surface area (Å²) in [5.41, 5.74) is 9.93. The molecular weight excluding hydrogens is 580 g/mol. The van der Waals surface area contributed by atoms with Crippen LogP contribution in [0.2, 0.25) is 0 Å². The number of aromatic nitrogens is 2. The molecule has 2 aliphatic heterocycles. The highest BCUT2D eigenvalue weighted by molar-refractivity contribution is 7.80. The zero-order valence-corrected chi connectivity index (χ0v) is 26.2. The van der Waals surface area contributed by atoms with Crippen molar-refractivity contribution < 1.29 is 29.4 Å².